The largest absolute Gasteiger partial charge is 4.00 e. The van der Waals surface area contributed by atoms with Gasteiger partial charge in [0.25, 0.3) is 0 Å². The van der Waals surface area contributed by atoms with Crippen molar-refractivity contribution in [3.05, 3.63) is 227 Å². The first-order valence-corrected chi connectivity index (χ1v) is 21.6. The second kappa shape index (κ2) is 22.6. The van der Waals surface area contributed by atoms with Gasteiger partial charge in [0.05, 0.1) is 0 Å². The molecule has 0 amide bonds. The Bertz CT molecular complexity index is 1930. The average Bonchev–Trinajstić information content (AvgIpc) is 3.18. The first kappa shape index (κ1) is 50.9. The van der Waals surface area contributed by atoms with Crippen LogP contribution in [0.1, 0.15) is 128 Å². The molecule has 0 aliphatic carbocycles. The summed E-state index contributed by atoms with van der Waals surface area (Å²) in [6, 6.07) is 55.3. The molecule has 0 radical (unpaired) electrons. The van der Waals surface area contributed by atoms with E-state index in [4.69, 9.17) is 10.6 Å². The predicted octanol–water partition coefficient (Wildman–Crippen LogP) is 16.5. The summed E-state index contributed by atoms with van der Waals surface area (Å²) >= 11 is 0. The summed E-state index contributed by atoms with van der Waals surface area (Å²) < 4.78 is 0. The summed E-state index contributed by atoms with van der Waals surface area (Å²) in [5.74, 6) is 0. The maximum Gasteiger partial charge on any atom is 4.00 e. The van der Waals surface area contributed by atoms with Crippen molar-refractivity contribution in [3.8, 4) is 0 Å². The van der Waals surface area contributed by atoms with Crippen LogP contribution >= 0.6 is 0 Å². The fourth-order valence-electron chi connectivity index (χ4n) is 6.69. The van der Waals surface area contributed by atoms with Crippen molar-refractivity contribution >= 4 is 11.4 Å². The monoisotopic (exact) mass is 886 g/mol. The van der Waals surface area contributed by atoms with E-state index in [9.17, 15) is 0 Å². The van der Waals surface area contributed by atoms with Gasteiger partial charge in [0.2, 0.25) is 0 Å². The Morgan fingerprint density at radius 3 is 0.787 bits per heavy atom. The SMILES string of the molecule is CC(C)(C)c1cc([N-]C(Cc2ccccc2)C(Cc2ccccc2)[N-]c2cc(C(C)(C)C)cc(C(C)(C)C)c2)cc(C(C)(C)C)c1.[CH2-]c1ccccc1.[CH2-]c1ccccc1.[Zr+4]. The Labute approximate surface area is 391 Å². The van der Waals surface area contributed by atoms with Crippen LogP contribution in [0.25, 0.3) is 10.6 Å². The minimum absolute atomic E-state index is 0. The zero-order chi connectivity index (χ0) is 44.1. The molecule has 0 aliphatic rings. The third-order valence-electron chi connectivity index (χ3n) is 10.6. The molecule has 0 heterocycles. The molecule has 3 heteroatoms. The maximum atomic E-state index is 5.64. The van der Waals surface area contributed by atoms with Crippen LogP contribution in [0, 0.1) is 13.8 Å². The summed E-state index contributed by atoms with van der Waals surface area (Å²) in [5.41, 5.74) is 12.2. The predicted molar refractivity (Wildman–Crippen MR) is 263 cm³/mol. The first-order chi connectivity index (χ1) is 28.1. The Hall–Kier alpha value is -4.46. The third-order valence-corrected chi connectivity index (χ3v) is 10.6. The van der Waals surface area contributed by atoms with Crippen molar-refractivity contribution in [1.29, 1.82) is 0 Å². The van der Waals surface area contributed by atoms with Crippen molar-refractivity contribution in [2.45, 2.75) is 130 Å². The number of rotatable bonds is 9. The van der Waals surface area contributed by atoms with Crippen molar-refractivity contribution in [2.75, 3.05) is 0 Å². The smallest absolute Gasteiger partial charge is 0.682 e. The molecule has 0 bridgehead atoms. The number of benzene rings is 6. The van der Waals surface area contributed by atoms with Gasteiger partial charge in [-0.15, -0.1) is 47.7 Å². The molecule has 0 aliphatic heterocycles. The second-order valence-corrected chi connectivity index (χ2v) is 20.3. The van der Waals surface area contributed by atoms with Gasteiger partial charge < -0.3 is 10.6 Å². The molecule has 318 valence electrons. The maximum absolute atomic E-state index is 5.64. The number of nitrogens with zero attached hydrogens (tertiary/aromatic N) is 2. The van der Waals surface area contributed by atoms with Gasteiger partial charge in [-0.2, -0.15) is 49.2 Å². The molecule has 2 unspecified atom stereocenters. The zero-order valence-electron chi connectivity index (χ0n) is 39.4. The Balaban J connectivity index is 0.000000555. The van der Waals surface area contributed by atoms with Crippen LogP contribution in [0.2, 0.25) is 0 Å². The molecule has 0 spiro atoms. The molecule has 0 saturated carbocycles. The van der Waals surface area contributed by atoms with Crippen molar-refractivity contribution in [3.63, 3.8) is 0 Å². The Kier molecular flexibility index (Phi) is 18.8. The van der Waals surface area contributed by atoms with Crippen molar-refractivity contribution in [2.24, 2.45) is 0 Å². The molecule has 0 saturated heterocycles. The molecular formula is C58H72N2Zr. The van der Waals surface area contributed by atoms with Gasteiger partial charge in [-0.25, -0.2) is 0 Å². The van der Waals surface area contributed by atoms with Gasteiger partial charge >= 0.3 is 26.2 Å². The van der Waals surface area contributed by atoms with E-state index in [-0.39, 0.29) is 59.9 Å². The molecule has 2 atom stereocenters. The topological polar surface area (TPSA) is 28.2 Å². The molecule has 6 rings (SSSR count). The molecule has 61 heavy (non-hydrogen) atoms. The summed E-state index contributed by atoms with van der Waals surface area (Å²) in [4.78, 5) is 0. The molecule has 0 aromatic heterocycles. The summed E-state index contributed by atoms with van der Waals surface area (Å²) in [6.45, 7) is 35.0. The van der Waals surface area contributed by atoms with Gasteiger partial charge in [0, 0.05) is 0 Å². The van der Waals surface area contributed by atoms with E-state index in [0.29, 0.717) is 0 Å². The van der Waals surface area contributed by atoms with Crippen LogP contribution in [0.5, 0.6) is 0 Å². The first-order valence-electron chi connectivity index (χ1n) is 21.6. The average molecular weight is 888 g/mol. The van der Waals surface area contributed by atoms with Gasteiger partial charge in [-0.1, -0.05) is 192 Å². The van der Waals surface area contributed by atoms with Crippen LogP contribution in [0.15, 0.2) is 158 Å². The molecule has 6 aromatic carbocycles. The van der Waals surface area contributed by atoms with E-state index in [1.165, 1.54) is 33.4 Å². The Morgan fingerprint density at radius 2 is 0.590 bits per heavy atom. The minimum Gasteiger partial charge on any atom is -0.682 e. The van der Waals surface area contributed by atoms with E-state index >= 15 is 0 Å². The Morgan fingerprint density at radius 1 is 0.361 bits per heavy atom. The van der Waals surface area contributed by atoms with Crippen LogP contribution < -0.4 is 0 Å². The van der Waals surface area contributed by atoms with Crippen LogP contribution in [0.4, 0.5) is 11.4 Å². The number of hydrogen-bond acceptors (Lipinski definition) is 0. The van der Waals surface area contributed by atoms with Gasteiger partial charge in [0.15, 0.2) is 0 Å². The van der Waals surface area contributed by atoms with E-state index in [1.807, 2.05) is 60.7 Å². The summed E-state index contributed by atoms with van der Waals surface area (Å²) in [7, 11) is 0. The fraction of sp³-hybridized carbons (Fsp3) is 0.345. The molecular weight excluding hydrogens is 816 g/mol. The van der Waals surface area contributed by atoms with E-state index in [2.05, 4.69) is 194 Å². The second-order valence-electron chi connectivity index (χ2n) is 20.3. The fourth-order valence-corrected chi connectivity index (χ4v) is 6.69. The van der Waals surface area contributed by atoms with Crippen LogP contribution in [0.3, 0.4) is 0 Å². The quantitative estimate of drug-likeness (QED) is 0.129. The zero-order valence-corrected chi connectivity index (χ0v) is 41.8. The molecule has 0 N–H and O–H groups in total. The minimum atomic E-state index is -0.0537. The molecule has 0 fully saturated rings. The summed E-state index contributed by atoms with van der Waals surface area (Å²) in [6.07, 6.45) is 1.63. The third kappa shape index (κ3) is 17.4. The van der Waals surface area contributed by atoms with E-state index in [1.54, 1.807) is 0 Å². The molecule has 6 aromatic rings. The van der Waals surface area contributed by atoms with E-state index < -0.39 is 0 Å². The molecule has 2 nitrogen and oxygen atoms in total. The number of hydrogen-bond donors (Lipinski definition) is 0. The standard InChI is InChI=1S/C44H58N2.2C7H7.Zr/c1-41(2,3)33-25-34(42(4,5)6)28-37(27-33)45-39(23-31-19-15-13-16-20-31)40(24-32-21-17-14-18-22-32)46-38-29-35(43(7,8)9)26-36(30-38)44(10,11)12;2*1-7-5-3-2-4-6-7;/h13-22,25-30,39-40H,23-24H2,1-12H3;2*2-6H,1H2;/q-2;2*-1;+4. The van der Waals surface area contributed by atoms with Crippen LogP contribution in [-0.2, 0) is 60.7 Å². The van der Waals surface area contributed by atoms with Crippen LogP contribution in [-0.4, -0.2) is 12.1 Å². The van der Waals surface area contributed by atoms with Gasteiger partial charge in [-0.05, 0) is 67.9 Å². The normalized spacial score (nSPS) is 12.6. The van der Waals surface area contributed by atoms with Gasteiger partial charge in [0.1, 0.15) is 0 Å². The van der Waals surface area contributed by atoms with Gasteiger partial charge in [-0.3, -0.25) is 0 Å². The van der Waals surface area contributed by atoms with Crippen molar-refractivity contribution in [1.82, 2.24) is 0 Å². The van der Waals surface area contributed by atoms with Crippen molar-refractivity contribution < 1.29 is 26.2 Å². The summed E-state index contributed by atoms with van der Waals surface area (Å²) in [5, 5.41) is 11.3. The van der Waals surface area contributed by atoms with E-state index in [0.717, 1.165) is 35.3 Å².